The molecule has 2 aliphatic rings. The number of hydrogen-bond acceptors (Lipinski definition) is 9. The Kier molecular flexibility index (Phi) is 7.12. The number of carbonyl (C=O) groups is 2. The molecule has 0 aromatic carbocycles. The van der Waals surface area contributed by atoms with Crippen LogP contribution in [0, 0.1) is 0 Å². The highest BCUT2D eigenvalue weighted by Crippen LogP contribution is 2.34. The zero-order valence-electron chi connectivity index (χ0n) is 21.4. The number of nitrogens with zero attached hydrogens (tertiary/aromatic N) is 6. The van der Waals surface area contributed by atoms with Crippen molar-refractivity contribution < 1.29 is 23.8 Å². The Bertz CT molecular complexity index is 1170. The molecule has 2 aromatic heterocycles. The fourth-order valence-corrected chi connectivity index (χ4v) is 4.48. The molecule has 0 N–H and O–H groups in total. The zero-order chi connectivity index (χ0) is 26.2. The maximum atomic E-state index is 13.3. The van der Waals surface area contributed by atoms with Crippen molar-refractivity contribution in [2.75, 3.05) is 38.8 Å². The summed E-state index contributed by atoms with van der Waals surface area (Å²) in [6, 6.07) is 3.36. The second kappa shape index (κ2) is 9.96. The molecule has 11 nitrogen and oxygen atoms in total. The van der Waals surface area contributed by atoms with Crippen molar-refractivity contribution in [3.8, 4) is 11.9 Å². The number of fused-ring (bicyclic) bond motifs is 1. The first-order valence-corrected chi connectivity index (χ1v) is 12.1. The topological polar surface area (TPSA) is 110 Å². The summed E-state index contributed by atoms with van der Waals surface area (Å²) in [4.78, 5) is 44.7. The summed E-state index contributed by atoms with van der Waals surface area (Å²) in [6.45, 7) is 9.63. The average molecular weight is 519 g/mol. The summed E-state index contributed by atoms with van der Waals surface area (Å²) in [6.07, 6.45) is -0.334. The molecule has 0 radical (unpaired) electrons. The molecule has 1 saturated heterocycles. The number of pyridine rings is 1. The Balaban J connectivity index is 1.57. The van der Waals surface area contributed by atoms with Crippen LogP contribution in [0.15, 0.2) is 12.1 Å². The van der Waals surface area contributed by atoms with Crippen molar-refractivity contribution in [3.63, 3.8) is 0 Å². The lowest BCUT2D eigenvalue weighted by atomic mass is 10.1. The molecule has 1 fully saturated rings. The molecule has 1 atom stereocenters. The number of carbonyl (C=O) groups excluding carboxylic acids is 2. The predicted molar refractivity (Wildman–Crippen MR) is 133 cm³/mol. The van der Waals surface area contributed by atoms with Crippen LogP contribution in [-0.2, 0) is 17.8 Å². The smallest absolute Gasteiger partial charge is 0.410 e. The fraction of sp³-hybridized carbons (Fsp3) is 0.542. The highest BCUT2D eigenvalue weighted by Gasteiger charge is 2.36. The fourth-order valence-electron chi connectivity index (χ4n) is 4.29. The van der Waals surface area contributed by atoms with Gasteiger partial charge in [0.25, 0.3) is 5.91 Å². The van der Waals surface area contributed by atoms with Gasteiger partial charge in [-0.2, -0.15) is 9.97 Å². The number of halogens is 1. The van der Waals surface area contributed by atoms with Crippen molar-refractivity contribution in [1.29, 1.82) is 0 Å². The van der Waals surface area contributed by atoms with Gasteiger partial charge in [0.05, 0.1) is 38.0 Å². The van der Waals surface area contributed by atoms with Gasteiger partial charge in [0.2, 0.25) is 5.88 Å². The molecule has 0 saturated carbocycles. The minimum absolute atomic E-state index is 0.0470. The van der Waals surface area contributed by atoms with E-state index in [1.165, 1.54) is 14.2 Å². The number of anilines is 1. The average Bonchev–Trinajstić information content (AvgIpc) is 3.26. The summed E-state index contributed by atoms with van der Waals surface area (Å²) in [5, 5.41) is 0.243. The molecule has 2 amide bonds. The van der Waals surface area contributed by atoms with Crippen LogP contribution in [-0.4, -0.2) is 82.2 Å². The van der Waals surface area contributed by atoms with Gasteiger partial charge < -0.3 is 28.9 Å². The standard InChI is InChI=1S/C24H31ClN6O5/c1-14-11-29(23(33)36-24(2,3)4)9-10-31(14)20-15-12-30(13-17(15)26-22(28-20)35-6)21(32)19-16(25)7-8-18(27-19)34-5/h7-8,14H,9-13H2,1-6H3. The summed E-state index contributed by atoms with van der Waals surface area (Å²) in [5.41, 5.74) is 1.09. The maximum Gasteiger partial charge on any atom is 0.410 e. The van der Waals surface area contributed by atoms with Crippen molar-refractivity contribution in [1.82, 2.24) is 24.8 Å². The van der Waals surface area contributed by atoms with E-state index in [0.29, 0.717) is 43.6 Å². The van der Waals surface area contributed by atoms with Crippen LogP contribution in [0.4, 0.5) is 10.6 Å². The zero-order valence-corrected chi connectivity index (χ0v) is 22.1. The summed E-state index contributed by atoms with van der Waals surface area (Å²) >= 11 is 6.27. The van der Waals surface area contributed by atoms with Gasteiger partial charge in [-0.1, -0.05) is 11.6 Å². The molecular formula is C24H31ClN6O5. The molecule has 0 bridgehead atoms. The molecule has 0 spiro atoms. The van der Waals surface area contributed by atoms with E-state index in [9.17, 15) is 9.59 Å². The molecule has 1 unspecified atom stereocenters. The van der Waals surface area contributed by atoms with Crippen LogP contribution in [0.1, 0.15) is 49.4 Å². The quantitative estimate of drug-likeness (QED) is 0.602. The first kappa shape index (κ1) is 25.7. The highest BCUT2D eigenvalue weighted by atomic mass is 35.5. The largest absolute Gasteiger partial charge is 0.481 e. The van der Waals surface area contributed by atoms with E-state index >= 15 is 0 Å². The molecule has 2 aliphatic heterocycles. The molecule has 36 heavy (non-hydrogen) atoms. The molecule has 12 heteroatoms. The van der Waals surface area contributed by atoms with E-state index in [4.69, 9.17) is 25.8 Å². The van der Waals surface area contributed by atoms with E-state index in [1.54, 1.807) is 21.9 Å². The van der Waals surface area contributed by atoms with Crippen LogP contribution in [0.5, 0.6) is 11.9 Å². The van der Waals surface area contributed by atoms with Crippen molar-refractivity contribution in [2.45, 2.75) is 52.4 Å². The van der Waals surface area contributed by atoms with Crippen LogP contribution in [0.2, 0.25) is 5.02 Å². The lowest BCUT2D eigenvalue weighted by Gasteiger charge is -2.41. The second-order valence-electron chi connectivity index (χ2n) is 9.77. The monoisotopic (exact) mass is 518 g/mol. The van der Waals surface area contributed by atoms with Crippen molar-refractivity contribution in [3.05, 3.63) is 34.1 Å². The van der Waals surface area contributed by atoms with Crippen LogP contribution in [0.3, 0.4) is 0 Å². The van der Waals surface area contributed by atoms with Crippen molar-refractivity contribution in [2.24, 2.45) is 0 Å². The minimum atomic E-state index is -0.561. The molecular weight excluding hydrogens is 488 g/mol. The number of piperazine rings is 1. The lowest BCUT2D eigenvalue weighted by molar-refractivity contribution is 0.0218. The molecule has 4 rings (SSSR count). The van der Waals surface area contributed by atoms with Gasteiger partial charge in [-0.15, -0.1) is 0 Å². The highest BCUT2D eigenvalue weighted by molar-refractivity contribution is 6.33. The van der Waals surface area contributed by atoms with Gasteiger partial charge in [0.15, 0.2) is 5.69 Å². The first-order valence-electron chi connectivity index (χ1n) is 11.7. The first-order chi connectivity index (χ1) is 17.0. The summed E-state index contributed by atoms with van der Waals surface area (Å²) < 4.78 is 16.1. The van der Waals surface area contributed by atoms with Crippen LogP contribution < -0.4 is 14.4 Å². The van der Waals surface area contributed by atoms with E-state index in [-0.39, 0.29) is 41.3 Å². The Morgan fingerprint density at radius 1 is 1.03 bits per heavy atom. The Morgan fingerprint density at radius 2 is 1.78 bits per heavy atom. The van der Waals surface area contributed by atoms with Gasteiger partial charge in [-0.25, -0.2) is 9.78 Å². The molecule has 4 heterocycles. The van der Waals surface area contributed by atoms with Gasteiger partial charge in [-0.05, 0) is 33.8 Å². The van der Waals surface area contributed by atoms with E-state index < -0.39 is 5.60 Å². The summed E-state index contributed by atoms with van der Waals surface area (Å²) in [5.74, 6) is 0.663. The van der Waals surface area contributed by atoms with E-state index in [2.05, 4.69) is 19.9 Å². The van der Waals surface area contributed by atoms with Crippen LogP contribution >= 0.6 is 11.6 Å². The molecule has 2 aromatic rings. The van der Waals surface area contributed by atoms with E-state index in [0.717, 1.165) is 5.56 Å². The number of methoxy groups -OCH3 is 2. The Morgan fingerprint density at radius 3 is 2.42 bits per heavy atom. The third-order valence-electron chi connectivity index (χ3n) is 5.99. The Labute approximate surface area is 215 Å². The van der Waals surface area contributed by atoms with Gasteiger partial charge in [-0.3, -0.25) is 4.79 Å². The normalized spacial score (nSPS) is 17.6. The third-order valence-corrected chi connectivity index (χ3v) is 6.30. The number of aromatic nitrogens is 3. The number of hydrogen-bond donors (Lipinski definition) is 0. The number of ether oxygens (including phenoxy) is 3. The lowest BCUT2D eigenvalue weighted by Crippen LogP contribution is -2.55. The number of rotatable bonds is 4. The second-order valence-corrected chi connectivity index (χ2v) is 10.2. The van der Waals surface area contributed by atoms with Gasteiger partial charge >= 0.3 is 12.1 Å². The molecule has 0 aliphatic carbocycles. The predicted octanol–water partition coefficient (Wildman–Crippen LogP) is 3.14. The van der Waals surface area contributed by atoms with Gasteiger partial charge in [0.1, 0.15) is 11.4 Å². The third kappa shape index (κ3) is 5.25. The maximum absolute atomic E-state index is 13.3. The number of amides is 2. The van der Waals surface area contributed by atoms with Crippen molar-refractivity contribution >= 4 is 29.4 Å². The molecule has 194 valence electrons. The van der Waals surface area contributed by atoms with Gasteiger partial charge in [0, 0.05) is 37.3 Å². The summed E-state index contributed by atoms with van der Waals surface area (Å²) in [7, 11) is 2.99. The minimum Gasteiger partial charge on any atom is -0.481 e. The van der Waals surface area contributed by atoms with Crippen LogP contribution in [0.25, 0.3) is 0 Å². The Hall–Kier alpha value is -3.34. The van der Waals surface area contributed by atoms with E-state index in [1.807, 2.05) is 27.7 Å². The SMILES string of the molecule is COc1ccc(Cl)c(C(=O)N2Cc3nc(OC)nc(N4CCN(C(=O)OC(C)(C)C)CC4C)c3C2)n1.